The van der Waals surface area contributed by atoms with Gasteiger partial charge < -0.3 is 14.7 Å². The third-order valence-corrected chi connectivity index (χ3v) is 9.32. The maximum atomic E-state index is 13.7. The maximum Gasteiger partial charge on any atom is 0.417 e. The van der Waals surface area contributed by atoms with Crippen molar-refractivity contribution in [3.63, 3.8) is 0 Å². The summed E-state index contributed by atoms with van der Waals surface area (Å²) >= 11 is 5.60. The largest absolute Gasteiger partial charge is 0.485 e. The predicted octanol–water partition coefficient (Wildman–Crippen LogP) is 3.94. The van der Waals surface area contributed by atoms with Gasteiger partial charge in [0.15, 0.2) is 14.9 Å². The lowest BCUT2D eigenvalue weighted by atomic mass is 9.75. The molecule has 1 aliphatic carbocycles. The first-order valence-electron chi connectivity index (χ1n) is 11.7. The molecule has 0 unspecified atom stereocenters. The first-order valence-corrected chi connectivity index (χ1v) is 13.7. The smallest absolute Gasteiger partial charge is 0.417 e. The summed E-state index contributed by atoms with van der Waals surface area (Å²) in [6, 6.07) is 8.76. The minimum Gasteiger partial charge on any atom is -0.485 e. The highest BCUT2D eigenvalue weighted by molar-refractivity contribution is 7.91. The number of alkyl halides is 3. The molecular weight excluding hydrogens is 543 g/mol. The molecule has 1 saturated heterocycles. The lowest BCUT2D eigenvalue weighted by Gasteiger charge is -2.43. The summed E-state index contributed by atoms with van der Waals surface area (Å²) in [5, 5.41) is 19.3. The van der Waals surface area contributed by atoms with Gasteiger partial charge in [-0.25, -0.2) is 8.42 Å². The first kappa shape index (κ1) is 26.4. The Labute approximate surface area is 222 Å². The molecule has 200 valence electrons. The molecule has 1 amide bonds. The predicted molar refractivity (Wildman–Crippen MR) is 135 cm³/mol. The second kappa shape index (κ2) is 8.39. The number of nitrogens with zero attached hydrogens (tertiary/aromatic N) is 3. The maximum absolute atomic E-state index is 13.7. The molecule has 1 spiro atoms. The van der Waals surface area contributed by atoms with E-state index in [1.165, 1.54) is 49.1 Å². The van der Waals surface area contributed by atoms with Gasteiger partial charge in [-0.05, 0) is 81.7 Å². The number of halogens is 3. The van der Waals surface area contributed by atoms with Gasteiger partial charge in [-0.3, -0.25) is 9.69 Å². The fourth-order valence-electron chi connectivity index (χ4n) is 5.01. The molecule has 2 fully saturated rings. The highest BCUT2D eigenvalue weighted by atomic mass is 32.2. The van der Waals surface area contributed by atoms with Gasteiger partial charge in [0.25, 0.3) is 5.91 Å². The van der Waals surface area contributed by atoms with E-state index in [2.05, 4.69) is 0 Å². The number of ether oxygens (including phenoxy) is 1. The number of aliphatic hydroxyl groups is 1. The van der Waals surface area contributed by atoms with Crippen molar-refractivity contribution in [2.45, 2.75) is 61.4 Å². The van der Waals surface area contributed by atoms with Crippen molar-refractivity contribution in [2.75, 3.05) is 15.6 Å². The second-order valence-corrected chi connectivity index (χ2v) is 12.5. The molecule has 3 aliphatic rings. The quantitative estimate of drug-likeness (QED) is 0.558. The van der Waals surface area contributed by atoms with E-state index >= 15 is 0 Å². The van der Waals surface area contributed by atoms with Crippen molar-refractivity contribution in [1.29, 1.82) is 5.26 Å². The molecule has 2 aliphatic heterocycles. The summed E-state index contributed by atoms with van der Waals surface area (Å²) in [6.45, 7) is 2.90. The third kappa shape index (κ3) is 3.93. The number of nitriles is 1. The van der Waals surface area contributed by atoms with Crippen molar-refractivity contribution < 1.29 is 36.2 Å². The Morgan fingerprint density at radius 2 is 1.82 bits per heavy atom. The van der Waals surface area contributed by atoms with E-state index in [1.54, 1.807) is 0 Å². The van der Waals surface area contributed by atoms with Gasteiger partial charge >= 0.3 is 6.18 Å². The van der Waals surface area contributed by atoms with Crippen LogP contribution in [0, 0.1) is 11.3 Å². The number of fused-ring (bicyclic) bond motifs is 1. The minimum atomic E-state index is -4.83. The summed E-state index contributed by atoms with van der Waals surface area (Å²) in [6.07, 6.45) is -4.42. The van der Waals surface area contributed by atoms with E-state index < -0.39 is 56.0 Å². The second-order valence-electron chi connectivity index (χ2n) is 10.2. The number of carbonyl (C=O) groups is 1. The molecule has 1 saturated carbocycles. The molecule has 2 aromatic rings. The van der Waals surface area contributed by atoms with E-state index in [0.29, 0.717) is 19.3 Å². The standard InChI is InChI=1S/C25H22F3N3O5S2/c1-23(2,33)20-13-38(34,35)19-11-16(6-7-18(19)36-20)31-22(37)30(21(32)24(31)8-3-9-24)15-5-4-14(12-29)17(10-15)25(26,27)28/h4-7,10-11,20,33H,3,8-9,13H2,1-2H3/t20-/m0/s1. The number of carbonyl (C=O) groups excluding carboxylic acids is 1. The zero-order chi connectivity index (χ0) is 27.8. The van der Waals surface area contributed by atoms with Crippen LogP contribution in [-0.2, 0) is 20.8 Å². The molecule has 5 rings (SSSR count). The number of rotatable bonds is 3. The molecule has 0 bridgehead atoms. The van der Waals surface area contributed by atoms with E-state index in [0.717, 1.165) is 17.0 Å². The number of hydrogen-bond donors (Lipinski definition) is 1. The summed E-state index contributed by atoms with van der Waals surface area (Å²) in [4.78, 5) is 16.1. The fraction of sp³-hybridized carbons (Fsp3) is 0.400. The average molecular weight is 566 g/mol. The summed E-state index contributed by atoms with van der Waals surface area (Å²) in [7, 11) is -3.89. The molecule has 1 atom stereocenters. The zero-order valence-corrected chi connectivity index (χ0v) is 21.9. The van der Waals surface area contributed by atoms with Gasteiger partial charge in [-0.15, -0.1) is 0 Å². The summed E-state index contributed by atoms with van der Waals surface area (Å²) in [5.74, 6) is -0.936. The molecule has 0 aromatic heterocycles. The van der Waals surface area contributed by atoms with Crippen LogP contribution in [0.4, 0.5) is 24.5 Å². The number of anilines is 2. The number of amides is 1. The van der Waals surface area contributed by atoms with Crippen LogP contribution >= 0.6 is 12.2 Å². The van der Waals surface area contributed by atoms with Gasteiger partial charge in [-0.2, -0.15) is 18.4 Å². The highest BCUT2D eigenvalue weighted by Crippen LogP contribution is 2.49. The molecule has 0 radical (unpaired) electrons. The van der Waals surface area contributed by atoms with E-state index in [-0.39, 0.29) is 27.1 Å². The van der Waals surface area contributed by atoms with E-state index in [4.69, 9.17) is 22.2 Å². The number of benzene rings is 2. The lowest BCUT2D eigenvalue weighted by molar-refractivity contribution is -0.137. The van der Waals surface area contributed by atoms with Gasteiger partial charge in [0.05, 0.1) is 34.2 Å². The average Bonchev–Trinajstić information content (AvgIpc) is 3.03. The summed E-state index contributed by atoms with van der Waals surface area (Å²) in [5.41, 5.74) is -4.22. The Balaban J connectivity index is 1.59. The fourth-order valence-corrected chi connectivity index (χ4v) is 7.26. The van der Waals surface area contributed by atoms with E-state index in [1.807, 2.05) is 0 Å². The molecule has 38 heavy (non-hydrogen) atoms. The van der Waals surface area contributed by atoms with Crippen LogP contribution in [-0.4, -0.2) is 47.5 Å². The first-order chi connectivity index (χ1) is 17.6. The van der Waals surface area contributed by atoms with Gasteiger partial charge in [0, 0.05) is 5.69 Å². The minimum absolute atomic E-state index is 0.0463. The van der Waals surface area contributed by atoms with Crippen molar-refractivity contribution in [3.05, 3.63) is 47.5 Å². The van der Waals surface area contributed by atoms with Crippen LogP contribution in [0.25, 0.3) is 0 Å². The highest BCUT2D eigenvalue weighted by Gasteiger charge is 2.60. The van der Waals surface area contributed by atoms with Gasteiger partial charge in [-0.1, -0.05) is 0 Å². The third-order valence-electron chi connectivity index (χ3n) is 7.23. The van der Waals surface area contributed by atoms with Crippen LogP contribution in [0.5, 0.6) is 5.75 Å². The van der Waals surface area contributed by atoms with Crippen molar-refractivity contribution in [1.82, 2.24) is 0 Å². The molecule has 1 N–H and O–H groups in total. The van der Waals surface area contributed by atoms with Gasteiger partial charge in [0.2, 0.25) is 0 Å². The van der Waals surface area contributed by atoms with Gasteiger partial charge in [0.1, 0.15) is 22.3 Å². The molecular formula is C25H22F3N3O5S2. The normalized spacial score (nSPS) is 22.1. The monoisotopic (exact) mass is 565 g/mol. The topological polar surface area (TPSA) is 111 Å². The Kier molecular flexibility index (Phi) is 5.83. The molecule has 8 nitrogen and oxygen atoms in total. The van der Waals surface area contributed by atoms with Crippen molar-refractivity contribution in [2.24, 2.45) is 0 Å². The number of thiocarbonyl (C=S) groups is 1. The van der Waals surface area contributed by atoms with Crippen LogP contribution in [0.3, 0.4) is 0 Å². The van der Waals surface area contributed by atoms with Crippen LogP contribution in [0.15, 0.2) is 41.3 Å². The summed E-state index contributed by atoms with van der Waals surface area (Å²) < 4.78 is 72.8. The molecule has 2 heterocycles. The molecule has 2 aromatic carbocycles. The Hall–Kier alpha value is -3.21. The lowest BCUT2D eigenvalue weighted by Crippen LogP contribution is -2.55. The van der Waals surface area contributed by atoms with Crippen LogP contribution in [0.1, 0.15) is 44.2 Å². The number of sulfone groups is 1. The van der Waals surface area contributed by atoms with Crippen LogP contribution in [0.2, 0.25) is 0 Å². The Morgan fingerprint density at radius 1 is 1.16 bits per heavy atom. The number of hydrogen-bond acceptors (Lipinski definition) is 7. The van der Waals surface area contributed by atoms with Crippen LogP contribution < -0.4 is 14.5 Å². The van der Waals surface area contributed by atoms with Crippen molar-refractivity contribution >= 4 is 44.4 Å². The van der Waals surface area contributed by atoms with Crippen molar-refractivity contribution in [3.8, 4) is 11.8 Å². The SMILES string of the molecule is CC(C)(O)[C@@H]1CS(=O)(=O)c2cc(N3C(=S)N(c4ccc(C#N)c(C(F)(F)F)c4)C(=O)C34CCC4)ccc2O1. The van der Waals surface area contributed by atoms with E-state index in [9.17, 15) is 31.5 Å². The Bertz CT molecular complexity index is 1520. The molecule has 13 heteroatoms. The Morgan fingerprint density at radius 3 is 2.37 bits per heavy atom. The zero-order valence-electron chi connectivity index (χ0n) is 20.2.